The third-order valence-electron chi connectivity index (χ3n) is 3.19. The second-order valence-corrected chi connectivity index (χ2v) is 4.52. The molecule has 1 saturated carbocycles. The molecule has 0 spiro atoms. The first-order valence-electron chi connectivity index (χ1n) is 5.79. The summed E-state index contributed by atoms with van der Waals surface area (Å²) >= 11 is 0. The van der Waals surface area contributed by atoms with Gasteiger partial charge in [0.25, 0.3) is 0 Å². The van der Waals surface area contributed by atoms with Crippen LogP contribution in [0.1, 0.15) is 37.3 Å². The molecule has 2 N–H and O–H groups in total. The van der Waals surface area contributed by atoms with E-state index in [1.165, 1.54) is 26.0 Å². The number of rotatable bonds is 5. The van der Waals surface area contributed by atoms with Crippen LogP contribution in [0.2, 0.25) is 0 Å². The molecule has 0 saturated heterocycles. The maximum atomic E-state index is 13.4. The summed E-state index contributed by atoms with van der Waals surface area (Å²) in [6.45, 7) is 0. The summed E-state index contributed by atoms with van der Waals surface area (Å²) < 4.78 is 18.3. The first-order chi connectivity index (χ1) is 7.70. The normalized spacial score (nSPS) is 17.2. The third kappa shape index (κ3) is 2.73. The highest BCUT2D eigenvalue weighted by molar-refractivity contribution is 5.30. The highest BCUT2D eigenvalue weighted by Gasteiger charge is 2.22. The molecule has 1 aromatic rings. The Hall–Kier alpha value is -1.09. The molecule has 1 atom stereocenters. The lowest BCUT2D eigenvalue weighted by Crippen LogP contribution is -2.10. The number of hydrogen-bond donors (Lipinski definition) is 1. The fourth-order valence-electron chi connectivity index (χ4n) is 1.90. The molecule has 1 aliphatic carbocycles. The van der Waals surface area contributed by atoms with Gasteiger partial charge in [0.1, 0.15) is 0 Å². The largest absolute Gasteiger partial charge is 0.494 e. The van der Waals surface area contributed by atoms with Crippen LogP contribution in [-0.2, 0) is 0 Å². The van der Waals surface area contributed by atoms with Crippen molar-refractivity contribution < 1.29 is 9.13 Å². The van der Waals surface area contributed by atoms with E-state index in [1.807, 2.05) is 6.07 Å². The van der Waals surface area contributed by atoms with Gasteiger partial charge in [-0.1, -0.05) is 18.9 Å². The van der Waals surface area contributed by atoms with Gasteiger partial charge in [-0.3, -0.25) is 0 Å². The molecule has 1 aliphatic rings. The van der Waals surface area contributed by atoms with Gasteiger partial charge >= 0.3 is 0 Å². The topological polar surface area (TPSA) is 35.2 Å². The van der Waals surface area contributed by atoms with E-state index in [0.29, 0.717) is 0 Å². The number of halogens is 1. The van der Waals surface area contributed by atoms with E-state index in [-0.39, 0.29) is 17.6 Å². The summed E-state index contributed by atoms with van der Waals surface area (Å²) in [6.07, 6.45) is 4.78. The van der Waals surface area contributed by atoms with Crippen molar-refractivity contribution in [3.8, 4) is 5.75 Å². The van der Waals surface area contributed by atoms with Crippen LogP contribution >= 0.6 is 0 Å². The van der Waals surface area contributed by atoms with Gasteiger partial charge in [-0.15, -0.1) is 0 Å². The lowest BCUT2D eigenvalue weighted by Gasteiger charge is -2.12. The molecule has 0 heterocycles. The first-order valence-corrected chi connectivity index (χ1v) is 5.79. The van der Waals surface area contributed by atoms with E-state index in [2.05, 4.69) is 0 Å². The van der Waals surface area contributed by atoms with Crippen molar-refractivity contribution in [2.45, 2.75) is 31.7 Å². The Bertz CT molecular complexity index is 363. The number of methoxy groups -OCH3 is 1. The van der Waals surface area contributed by atoms with Crippen LogP contribution in [-0.4, -0.2) is 7.11 Å². The zero-order valence-corrected chi connectivity index (χ0v) is 9.58. The average Bonchev–Trinajstić information content (AvgIpc) is 3.09. The molecular weight excluding hydrogens is 205 g/mol. The Morgan fingerprint density at radius 1 is 1.50 bits per heavy atom. The molecule has 1 unspecified atom stereocenters. The maximum absolute atomic E-state index is 13.4. The zero-order valence-electron chi connectivity index (χ0n) is 9.58. The molecule has 0 bridgehead atoms. The van der Waals surface area contributed by atoms with Crippen molar-refractivity contribution in [3.63, 3.8) is 0 Å². The van der Waals surface area contributed by atoms with Gasteiger partial charge in [0.2, 0.25) is 0 Å². The smallest absolute Gasteiger partial charge is 0.165 e. The molecule has 2 rings (SSSR count). The highest BCUT2D eigenvalue weighted by atomic mass is 19.1. The van der Waals surface area contributed by atoms with Crippen LogP contribution in [0, 0.1) is 11.7 Å². The number of ether oxygens (including phenoxy) is 1. The van der Waals surface area contributed by atoms with Gasteiger partial charge in [0.05, 0.1) is 7.11 Å². The Morgan fingerprint density at radius 3 is 2.81 bits per heavy atom. The SMILES string of the molecule is COc1ccc(C(N)CCC2CC2)cc1F. The van der Waals surface area contributed by atoms with Crippen LogP contribution < -0.4 is 10.5 Å². The Labute approximate surface area is 95.6 Å². The van der Waals surface area contributed by atoms with Gasteiger partial charge in [0, 0.05) is 6.04 Å². The standard InChI is InChI=1S/C13H18FNO/c1-16-13-7-5-10(8-11(13)14)12(15)6-4-9-2-3-9/h5,7-9,12H,2-4,6,15H2,1H3. The maximum Gasteiger partial charge on any atom is 0.165 e. The van der Waals surface area contributed by atoms with Gasteiger partial charge in [-0.05, 0) is 36.5 Å². The fourth-order valence-corrected chi connectivity index (χ4v) is 1.90. The van der Waals surface area contributed by atoms with Crippen LogP contribution in [0.25, 0.3) is 0 Å². The summed E-state index contributed by atoms with van der Waals surface area (Å²) in [6, 6.07) is 4.92. The molecule has 1 fully saturated rings. The Morgan fingerprint density at radius 2 is 2.25 bits per heavy atom. The highest BCUT2D eigenvalue weighted by Crippen LogP contribution is 2.35. The van der Waals surface area contributed by atoms with E-state index in [9.17, 15) is 4.39 Å². The van der Waals surface area contributed by atoms with E-state index >= 15 is 0 Å². The summed E-state index contributed by atoms with van der Waals surface area (Å²) in [7, 11) is 1.46. The predicted octanol–water partition coefficient (Wildman–Crippen LogP) is 3.02. The van der Waals surface area contributed by atoms with Crippen molar-refractivity contribution >= 4 is 0 Å². The van der Waals surface area contributed by atoms with Crippen molar-refractivity contribution in [1.29, 1.82) is 0 Å². The minimum Gasteiger partial charge on any atom is -0.494 e. The molecule has 3 heteroatoms. The molecule has 88 valence electrons. The van der Waals surface area contributed by atoms with Crippen LogP contribution in [0.4, 0.5) is 4.39 Å². The van der Waals surface area contributed by atoms with Crippen molar-refractivity contribution in [3.05, 3.63) is 29.6 Å². The molecule has 0 amide bonds. The summed E-state index contributed by atoms with van der Waals surface area (Å²) in [5.74, 6) is 0.814. The lowest BCUT2D eigenvalue weighted by atomic mass is 10.0. The molecule has 2 nitrogen and oxygen atoms in total. The van der Waals surface area contributed by atoms with Crippen molar-refractivity contribution in [2.24, 2.45) is 11.7 Å². The molecule has 16 heavy (non-hydrogen) atoms. The summed E-state index contributed by atoms with van der Waals surface area (Å²) in [5.41, 5.74) is 6.88. The van der Waals surface area contributed by atoms with Crippen molar-refractivity contribution in [2.75, 3.05) is 7.11 Å². The Balaban J connectivity index is 1.98. The van der Waals surface area contributed by atoms with Crippen LogP contribution in [0.5, 0.6) is 5.75 Å². The lowest BCUT2D eigenvalue weighted by molar-refractivity contribution is 0.385. The molecule has 1 aromatic carbocycles. The van der Waals surface area contributed by atoms with Crippen LogP contribution in [0.15, 0.2) is 18.2 Å². The zero-order chi connectivity index (χ0) is 11.5. The monoisotopic (exact) mass is 223 g/mol. The minimum atomic E-state index is -0.332. The van der Waals surface area contributed by atoms with Gasteiger partial charge in [-0.25, -0.2) is 4.39 Å². The minimum absolute atomic E-state index is 0.0546. The number of nitrogens with two attached hydrogens (primary N) is 1. The van der Waals surface area contributed by atoms with Gasteiger partial charge in [-0.2, -0.15) is 0 Å². The summed E-state index contributed by atoms with van der Waals surface area (Å²) in [4.78, 5) is 0. The molecular formula is C13H18FNO. The molecule has 0 aliphatic heterocycles. The number of benzene rings is 1. The van der Waals surface area contributed by atoms with Gasteiger partial charge < -0.3 is 10.5 Å². The first kappa shape index (κ1) is 11.4. The van der Waals surface area contributed by atoms with Crippen LogP contribution in [0.3, 0.4) is 0 Å². The average molecular weight is 223 g/mol. The van der Waals surface area contributed by atoms with E-state index in [1.54, 1.807) is 6.07 Å². The van der Waals surface area contributed by atoms with E-state index < -0.39 is 0 Å². The fraction of sp³-hybridized carbons (Fsp3) is 0.538. The van der Waals surface area contributed by atoms with Crippen molar-refractivity contribution in [1.82, 2.24) is 0 Å². The second-order valence-electron chi connectivity index (χ2n) is 4.52. The quantitative estimate of drug-likeness (QED) is 0.832. The molecule has 0 aromatic heterocycles. The third-order valence-corrected chi connectivity index (χ3v) is 3.19. The summed E-state index contributed by atoms with van der Waals surface area (Å²) in [5, 5.41) is 0. The molecule has 0 radical (unpaired) electrons. The van der Waals surface area contributed by atoms with Gasteiger partial charge in [0.15, 0.2) is 11.6 Å². The van der Waals surface area contributed by atoms with E-state index in [0.717, 1.165) is 24.3 Å². The predicted molar refractivity (Wildman–Crippen MR) is 61.8 cm³/mol. The van der Waals surface area contributed by atoms with E-state index in [4.69, 9.17) is 10.5 Å². The Kier molecular flexibility index (Phi) is 3.44. The number of hydrogen-bond acceptors (Lipinski definition) is 2. The second kappa shape index (κ2) is 4.83.